The standard InChI is InChI=1S/C12H13F2NO2/c13-10-2-1-9(11(14)4-10)7-15-5-8(6-15)3-12(16)17/h1-2,4,8H,3,5-7H2,(H,16,17). The molecule has 17 heavy (non-hydrogen) atoms. The molecular weight excluding hydrogens is 228 g/mol. The molecule has 3 nitrogen and oxygen atoms in total. The number of carboxylic acid groups (broad SMARTS) is 1. The van der Waals surface area contributed by atoms with Gasteiger partial charge in [-0.25, -0.2) is 8.78 Å². The van der Waals surface area contributed by atoms with E-state index in [1.807, 2.05) is 4.90 Å². The van der Waals surface area contributed by atoms with Gasteiger partial charge in [0.05, 0.1) is 6.42 Å². The van der Waals surface area contributed by atoms with Crippen LogP contribution in [0.5, 0.6) is 0 Å². The monoisotopic (exact) mass is 241 g/mol. The number of aliphatic carboxylic acids is 1. The van der Waals surface area contributed by atoms with Crippen LogP contribution in [-0.4, -0.2) is 29.1 Å². The number of likely N-dealkylation sites (tertiary alicyclic amines) is 1. The molecular formula is C12H13F2NO2. The lowest BCUT2D eigenvalue weighted by Gasteiger charge is -2.38. The molecule has 0 atom stereocenters. The van der Waals surface area contributed by atoms with Crippen LogP contribution in [0, 0.1) is 17.6 Å². The fourth-order valence-corrected chi connectivity index (χ4v) is 2.07. The van der Waals surface area contributed by atoms with E-state index in [9.17, 15) is 13.6 Å². The Bertz CT molecular complexity index is 431. The van der Waals surface area contributed by atoms with Crippen LogP contribution in [0.2, 0.25) is 0 Å². The first-order valence-electron chi connectivity index (χ1n) is 5.42. The predicted molar refractivity (Wildman–Crippen MR) is 57.4 cm³/mol. The summed E-state index contributed by atoms with van der Waals surface area (Å²) < 4.78 is 26.0. The number of rotatable bonds is 4. The van der Waals surface area contributed by atoms with Gasteiger partial charge in [0.1, 0.15) is 11.6 Å². The first-order valence-corrected chi connectivity index (χ1v) is 5.42. The minimum atomic E-state index is -0.803. The zero-order chi connectivity index (χ0) is 12.4. The maximum absolute atomic E-state index is 13.3. The minimum absolute atomic E-state index is 0.149. The highest BCUT2D eigenvalue weighted by Crippen LogP contribution is 2.22. The third kappa shape index (κ3) is 3.00. The number of hydrogen-bond acceptors (Lipinski definition) is 2. The van der Waals surface area contributed by atoms with Crippen molar-refractivity contribution in [3.8, 4) is 0 Å². The van der Waals surface area contributed by atoms with Gasteiger partial charge in [-0.3, -0.25) is 9.69 Å². The van der Waals surface area contributed by atoms with Gasteiger partial charge in [-0.1, -0.05) is 6.07 Å². The van der Waals surface area contributed by atoms with E-state index in [0.29, 0.717) is 25.2 Å². The fraction of sp³-hybridized carbons (Fsp3) is 0.417. The van der Waals surface area contributed by atoms with Crippen LogP contribution in [-0.2, 0) is 11.3 Å². The van der Waals surface area contributed by atoms with Crippen molar-refractivity contribution in [3.63, 3.8) is 0 Å². The van der Waals surface area contributed by atoms with E-state index in [0.717, 1.165) is 6.07 Å². The lowest BCUT2D eigenvalue weighted by Crippen LogP contribution is -2.46. The van der Waals surface area contributed by atoms with E-state index < -0.39 is 17.6 Å². The maximum atomic E-state index is 13.3. The van der Waals surface area contributed by atoms with Crippen molar-refractivity contribution in [3.05, 3.63) is 35.4 Å². The average Bonchev–Trinajstić information content (AvgIpc) is 2.17. The molecule has 1 aromatic carbocycles. The van der Waals surface area contributed by atoms with Crippen molar-refractivity contribution < 1.29 is 18.7 Å². The maximum Gasteiger partial charge on any atom is 0.303 e. The van der Waals surface area contributed by atoms with Crippen molar-refractivity contribution in [1.82, 2.24) is 4.90 Å². The normalized spacial score (nSPS) is 16.8. The van der Waals surface area contributed by atoms with E-state index in [1.165, 1.54) is 12.1 Å². The van der Waals surface area contributed by atoms with Crippen molar-refractivity contribution in [1.29, 1.82) is 0 Å². The molecule has 1 heterocycles. The van der Waals surface area contributed by atoms with Gasteiger partial charge in [-0.15, -0.1) is 0 Å². The number of benzene rings is 1. The summed E-state index contributed by atoms with van der Waals surface area (Å²) in [5.41, 5.74) is 0.445. The summed E-state index contributed by atoms with van der Waals surface area (Å²) in [4.78, 5) is 12.4. The Morgan fingerprint density at radius 1 is 1.41 bits per heavy atom. The van der Waals surface area contributed by atoms with Gasteiger partial charge in [0.25, 0.3) is 0 Å². The molecule has 1 aromatic rings. The molecule has 1 fully saturated rings. The van der Waals surface area contributed by atoms with Crippen molar-refractivity contribution in [2.24, 2.45) is 5.92 Å². The quantitative estimate of drug-likeness (QED) is 0.874. The highest BCUT2D eigenvalue weighted by molar-refractivity contribution is 5.67. The molecule has 0 radical (unpaired) electrons. The highest BCUT2D eigenvalue weighted by atomic mass is 19.1. The van der Waals surface area contributed by atoms with Crippen LogP contribution in [0.3, 0.4) is 0 Å². The molecule has 2 rings (SSSR count). The molecule has 0 unspecified atom stereocenters. The summed E-state index contributed by atoms with van der Waals surface area (Å²) in [6.45, 7) is 1.72. The highest BCUT2D eigenvalue weighted by Gasteiger charge is 2.28. The Kier molecular flexibility index (Phi) is 3.38. The van der Waals surface area contributed by atoms with E-state index >= 15 is 0 Å². The Morgan fingerprint density at radius 2 is 2.12 bits per heavy atom. The van der Waals surface area contributed by atoms with E-state index in [2.05, 4.69) is 0 Å². The molecule has 1 aliphatic heterocycles. The third-order valence-corrected chi connectivity index (χ3v) is 2.91. The molecule has 0 aliphatic carbocycles. The van der Waals surface area contributed by atoms with E-state index in [-0.39, 0.29) is 12.3 Å². The van der Waals surface area contributed by atoms with Crippen LogP contribution in [0.1, 0.15) is 12.0 Å². The van der Waals surface area contributed by atoms with Crippen LogP contribution >= 0.6 is 0 Å². The molecule has 0 saturated carbocycles. The minimum Gasteiger partial charge on any atom is -0.481 e. The van der Waals surface area contributed by atoms with Gasteiger partial charge in [-0.05, 0) is 12.0 Å². The zero-order valence-corrected chi connectivity index (χ0v) is 9.20. The SMILES string of the molecule is O=C(O)CC1CN(Cc2ccc(F)cc2F)C1. The molecule has 1 N–H and O–H groups in total. The molecule has 1 aliphatic rings. The number of carboxylic acids is 1. The van der Waals surface area contributed by atoms with Gasteiger partial charge in [0.15, 0.2) is 0 Å². The molecule has 5 heteroatoms. The Labute approximate surface area is 97.7 Å². The Morgan fingerprint density at radius 3 is 2.71 bits per heavy atom. The molecule has 0 amide bonds. The zero-order valence-electron chi connectivity index (χ0n) is 9.20. The van der Waals surface area contributed by atoms with E-state index in [1.54, 1.807) is 0 Å². The van der Waals surface area contributed by atoms with Crippen LogP contribution in [0.4, 0.5) is 8.78 Å². The van der Waals surface area contributed by atoms with Crippen molar-refractivity contribution in [2.75, 3.05) is 13.1 Å². The predicted octanol–water partition coefficient (Wildman–Crippen LogP) is 1.87. The first-order chi connectivity index (χ1) is 8.04. The van der Waals surface area contributed by atoms with Crippen molar-refractivity contribution in [2.45, 2.75) is 13.0 Å². The first kappa shape index (κ1) is 12.0. The summed E-state index contributed by atoms with van der Waals surface area (Å²) in [6, 6.07) is 3.52. The Balaban J connectivity index is 1.85. The summed E-state index contributed by atoms with van der Waals surface area (Å²) in [7, 11) is 0. The molecule has 0 bridgehead atoms. The smallest absolute Gasteiger partial charge is 0.303 e. The van der Waals surface area contributed by atoms with Gasteiger partial charge in [-0.2, -0.15) is 0 Å². The second-order valence-corrected chi connectivity index (χ2v) is 4.39. The summed E-state index contributed by atoms with van der Waals surface area (Å²) >= 11 is 0. The summed E-state index contributed by atoms with van der Waals surface area (Å²) in [5, 5.41) is 8.58. The number of nitrogens with zero attached hydrogens (tertiary/aromatic N) is 1. The molecule has 1 saturated heterocycles. The summed E-state index contributed by atoms with van der Waals surface area (Å²) in [6.07, 6.45) is 0.155. The van der Waals surface area contributed by atoms with Crippen LogP contribution < -0.4 is 0 Å². The number of hydrogen-bond donors (Lipinski definition) is 1. The molecule has 0 spiro atoms. The van der Waals surface area contributed by atoms with Crippen LogP contribution in [0.25, 0.3) is 0 Å². The van der Waals surface area contributed by atoms with Crippen LogP contribution in [0.15, 0.2) is 18.2 Å². The van der Waals surface area contributed by atoms with Gasteiger partial charge >= 0.3 is 5.97 Å². The number of halogens is 2. The van der Waals surface area contributed by atoms with Gasteiger partial charge in [0, 0.05) is 31.3 Å². The molecule has 0 aromatic heterocycles. The fourth-order valence-electron chi connectivity index (χ4n) is 2.07. The van der Waals surface area contributed by atoms with Gasteiger partial charge < -0.3 is 5.11 Å². The summed E-state index contributed by atoms with van der Waals surface area (Å²) in [5.74, 6) is -1.79. The second kappa shape index (κ2) is 4.79. The second-order valence-electron chi connectivity index (χ2n) is 4.39. The van der Waals surface area contributed by atoms with Crippen molar-refractivity contribution >= 4 is 5.97 Å². The lowest BCUT2D eigenvalue weighted by atomic mass is 9.96. The lowest BCUT2D eigenvalue weighted by molar-refractivity contribution is -0.139. The average molecular weight is 241 g/mol. The number of carbonyl (C=O) groups is 1. The largest absolute Gasteiger partial charge is 0.481 e. The Hall–Kier alpha value is -1.49. The topological polar surface area (TPSA) is 40.5 Å². The third-order valence-electron chi connectivity index (χ3n) is 2.91. The molecule has 92 valence electrons. The van der Waals surface area contributed by atoms with E-state index in [4.69, 9.17) is 5.11 Å². The van der Waals surface area contributed by atoms with Gasteiger partial charge in [0.2, 0.25) is 0 Å².